The van der Waals surface area contributed by atoms with E-state index in [9.17, 15) is 9.18 Å². The van der Waals surface area contributed by atoms with Gasteiger partial charge in [0.25, 0.3) is 5.91 Å². The summed E-state index contributed by atoms with van der Waals surface area (Å²) in [5.41, 5.74) is 6.90. The molecule has 0 aromatic heterocycles. The molecule has 0 saturated carbocycles. The van der Waals surface area contributed by atoms with E-state index in [1.54, 1.807) is 18.2 Å². The Morgan fingerprint density at radius 2 is 1.90 bits per heavy atom. The zero-order valence-corrected chi connectivity index (χ0v) is 14.2. The van der Waals surface area contributed by atoms with Crippen LogP contribution in [0.4, 0.5) is 10.1 Å². The maximum Gasteiger partial charge on any atom is 0.256 e. The molecule has 0 aliphatic heterocycles. The fourth-order valence-corrected chi connectivity index (χ4v) is 2.77. The van der Waals surface area contributed by atoms with Crippen LogP contribution in [0.5, 0.6) is 0 Å². The van der Waals surface area contributed by atoms with Crippen molar-refractivity contribution in [1.29, 1.82) is 0 Å². The van der Waals surface area contributed by atoms with Crippen LogP contribution in [0.2, 0.25) is 5.02 Å². The molecule has 0 bridgehead atoms. The van der Waals surface area contributed by atoms with Crippen LogP contribution in [0.15, 0.2) is 36.4 Å². The highest BCUT2D eigenvalue weighted by Crippen LogP contribution is 2.23. The zero-order valence-electron chi connectivity index (χ0n) is 10.5. The van der Waals surface area contributed by atoms with Gasteiger partial charge in [-0.1, -0.05) is 23.8 Å². The first-order chi connectivity index (χ1) is 9.88. The highest BCUT2D eigenvalue weighted by Gasteiger charge is 2.14. The van der Waals surface area contributed by atoms with E-state index in [4.69, 9.17) is 29.6 Å². The number of thiocarbonyl (C=S) groups is 1. The molecule has 3 N–H and O–H groups in total. The lowest BCUT2D eigenvalue weighted by Gasteiger charge is -2.11. The van der Waals surface area contributed by atoms with Crippen molar-refractivity contribution in [2.75, 3.05) is 5.32 Å². The first kappa shape index (κ1) is 16.1. The highest BCUT2D eigenvalue weighted by molar-refractivity contribution is 14.1. The number of rotatable bonds is 3. The van der Waals surface area contributed by atoms with E-state index in [1.165, 1.54) is 18.2 Å². The number of hydrogen-bond acceptors (Lipinski definition) is 2. The second kappa shape index (κ2) is 6.67. The Bertz CT molecular complexity index is 739. The zero-order chi connectivity index (χ0) is 15.6. The van der Waals surface area contributed by atoms with E-state index < -0.39 is 5.82 Å². The van der Waals surface area contributed by atoms with Gasteiger partial charge in [-0.3, -0.25) is 4.79 Å². The summed E-state index contributed by atoms with van der Waals surface area (Å²) in [5.74, 6) is -0.790. The Morgan fingerprint density at radius 3 is 2.52 bits per heavy atom. The third kappa shape index (κ3) is 3.90. The van der Waals surface area contributed by atoms with Crippen LogP contribution in [-0.4, -0.2) is 10.9 Å². The minimum Gasteiger partial charge on any atom is -0.389 e. The summed E-state index contributed by atoms with van der Waals surface area (Å²) in [4.78, 5) is 12.4. The third-order valence-electron chi connectivity index (χ3n) is 2.67. The minimum absolute atomic E-state index is 0.149. The Hall–Kier alpha value is -1.25. The Kier molecular flexibility index (Phi) is 5.13. The fourth-order valence-electron chi connectivity index (χ4n) is 1.70. The first-order valence-electron chi connectivity index (χ1n) is 5.74. The summed E-state index contributed by atoms with van der Waals surface area (Å²) in [5, 5.41) is 3.13. The summed E-state index contributed by atoms with van der Waals surface area (Å²) >= 11 is 12.7. The molecule has 21 heavy (non-hydrogen) atoms. The van der Waals surface area contributed by atoms with Crippen molar-refractivity contribution >= 4 is 63.0 Å². The number of carbonyl (C=O) groups excluding carboxylic acids is 1. The molecule has 1 amide bonds. The number of amides is 1. The van der Waals surface area contributed by atoms with Crippen molar-refractivity contribution < 1.29 is 9.18 Å². The van der Waals surface area contributed by atoms with Gasteiger partial charge in [-0.05, 0) is 59.0 Å². The second-order valence-corrected chi connectivity index (χ2v) is 6.17. The molecule has 3 nitrogen and oxygen atoms in total. The fraction of sp³-hybridized carbons (Fsp3) is 0. The number of anilines is 1. The predicted molar refractivity (Wildman–Crippen MR) is 94.4 cm³/mol. The van der Waals surface area contributed by atoms with E-state index >= 15 is 0 Å². The van der Waals surface area contributed by atoms with Gasteiger partial charge in [-0.2, -0.15) is 0 Å². The molecule has 7 heteroatoms. The number of hydrogen-bond donors (Lipinski definition) is 2. The number of carbonyl (C=O) groups is 1. The molecule has 0 radical (unpaired) electrons. The van der Waals surface area contributed by atoms with Gasteiger partial charge in [0.15, 0.2) is 0 Å². The summed E-state index contributed by atoms with van der Waals surface area (Å²) in [6.07, 6.45) is 0. The molecule has 0 aliphatic carbocycles. The normalized spacial score (nSPS) is 10.2. The van der Waals surface area contributed by atoms with Gasteiger partial charge in [0.2, 0.25) is 0 Å². The average molecular weight is 435 g/mol. The molecule has 0 spiro atoms. The molecule has 0 aliphatic rings. The molecule has 0 heterocycles. The number of halogens is 3. The van der Waals surface area contributed by atoms with Gasteiger partial charge in [-0.25, -0.2) is 4.39 Å². The summed E-state index contributed by atoms with van der Waals surface area (Å²) in [6, 6.07) is 8.75. The van der Waals surface area contributed by atoms with Crippen LogP contribution < -0.4 is 11.1 Å². The predicted octanol–water partition coefficient (Wildman–Crippen LogP) is 3.97. The molecule has 2 aromatic rings. The molecule has 0 atom stereocenters. The van der Waals surface area contributed by atoms with Gasteiger partial charge in [0, 0.05) is 14.2 Å². The monoisotopic (exact) mass is 434 g/mol. The summed E-state index contributed by atoms with van der Waals surface area (Å²) in [7, 11) is 0. The van der Waals surface area contributed by atoms with Crippen LogP contribution in [0, 0.1) is 9.39 Å². The molecular formula is C14H9ClFIN2OS. The first-order valence-corrected chi connectivity index (χ1v) is 7.60. The van der Waals surface area contributed by atoms with E-state index in [0.717, 1.165) is 0 Å². The Morgan fingerprint density at radius 1 is 1.24 bits per heavy atom. The van der Waals surface area contributed by atoms with E-state index in [0.29, 0.717) is 25.4 Å². The molecule has 0 unspecified atom stereocenters. The van der Waals surface area contributed by atoms with Gasteiger partial charge >= 0.3 is 0 Å². The Labute approximate surface area is 144 Å². The number of nitrogens with one attached hydrogen (secondary N) is 1. The van der Waals surface area contributed by atoms with E-state index in [-0.39, 0.29) is 10.9 Å². The standard InChI is InChI=1S/C14H9ClFIN2OS/c15-7-1-3-10(13(18)21)12(5-7)19-14(20)9-4-2-8(16)6-11(9)17/h1-6H,(H2,18,21)(H,19,20). The molecule has 0 saturated heterocycles. The SMILES string of the molecule is NC(=S)c1ccc(Cl)cc1NC(=O)c1ccc(F)cc1I. The van der Waals surface area contributed by atoms with Crippen LogP contribution in [-0.2, 0) is 0 Å². The van der Waals surface area contributed by atoms with Gasteiger partial charge < -0.3 is 11.1 Å². The lowest BCUT2D eigenvalue weighted by molar-refractivity contribution is 0.102. The van der Waals surface area contributed by atoms with Gasteiger partial charge in [0.05, 0.1) is 11.3 Å². The van der Waals surface area contributed by atoms with Crippen molar-refractivity contribution in [2.45, 2.75) is 0 Å². The maximum absolute atomic E-state index is 13.1. The van der Waals surface area contributed by atoms with Crippen LogP contribution in [0.1, 0.15) is 15.9 Å². The van der Waals surface area contributed by atoms with E-state index in [2.05, 4.69) is 5.32 Å². The molecular weight excluding hydrogens is 426 g/mol. The topological polar surface area (TPSA) is 55.1 Å². The van der Waals surface area contributed by atoms with Crippen LogP contribution >= 0.6 is 46.4 Å². The van der Waals surface area contributed by atoms with Crippen molar-refractivity contribution in [3.63, 3.8) is 0 Å². The summed E-state index contributed by atoms with van der Waals surface area (Å²) < 4.78 is 13.6. The highest BCUT2D eigenvalue weighted by atomic mass is 127. The number of nitrogens with two attached hydrogens (primary N) is 1. The third-order valence-corrected chi connectivity index (χ3v) is 4.02. The van der Waals surface area contributed by atoms with Crippen molar-refractivity contribution in [2.24, 2.45) is 5.73 Å². The van der Waals surface area contributed by atoms with Crippen LogP contribution in [0.3, 0.4) is 0 Å². The largest absolute Gasteiger partial charge is 0.389 e. The maximum atomic E-state index is 13.1. The smallest absolute Gasteiger partial charge is 0.256 e. The average Bonchev–Trinajstić information content (AvgIpc) is 2.37. The molecule has 2 rings (SSSR count). The molecule has 108 valence electrons. The van der Waals surface area contributed by atoms with Gasteiger partial charge in [0.1, 0.15) is 10.8 Å². The van der Waals surface area contributed by atoms with Crippen LogP contribution in [0.25, 0.3) is 0 Å². The van der Waals surface area contributed by atoms with Crippen molar-refractivity contribution in [3.05, 3.63) is 61.9 Å². The van der Waals surface area contributed by atoms with Gasteiger partial charge in [-0.15, -0.1) is 0 Å². The minimum atomic E-state index is -0.400. The Balaban J connectivity index is 2.35. The lowest BCUT2D eigenvalue weighted by Crippen LogP contribution is -2.18. The lowest BCUT2D eigenvalue weighted by atomic mass is 10.1. The molecule has 0 fully saturated rings. The quantitative estimate of drug-likeness (QED) is 0.568. The van der Waals surface area contributed by atoms with E-state index in [1.807, 2.05) is 22.6 Å². The second-order valence-electron chi connectivity index (χ2n) is 4.13. The summed E-state index contributed by atoms with van der Waals surface area (Å²) in [6.45, 7) is 0. The van der Waals surface area contributed by atoms with Crippen molar-refractivity contribution in [1.82, 2.24) is 0 Å². The molecule has 2 aromatic carbocycles. The van der Waals surface area contributed by atoms with Crippen molar-refractivity contribution in [3.8, 4) is 0 Å². The number of benzene rings is 2.